The smallest absolute Gasteiger partial charge is 0.222 e. The largest absolute Gasteiger partial charge is 0.494 e. The molecule has 2 rings (SSSR count). The summed E-state index contributed by atoms with van der Waals surface area (Å²) in [7, 11) is 1.97. The summed E-state index contributed by atoms with van der Waals surface area (Å²) in [6, 6.07) is 8.54. The monoisotopic (exact) mass is 340 g/mol. The van der Waals surface area contributed by atoms with Crippen LogP contribution in [0.4, 0.5) is 0 Å². The highest BCUT2D eigenvalue weighted by molar-refractivity contribution is 5.85. The van der Waals surface area contributed by atoms with E-state index in [-0.39, 0.29) is 18.3 Å². The first-order valence-corrected chi connectivity index (χ1v) is 8.33. The summed E-state index contributed by atoms with van der Waals surface area (Å²) >= 11 is 0. The average molecular weight is 341 g/mol. The van der Waals surface area contributed by atoms with E-state index in [1.54, 1.807) is 0 Å². The Bertz CT molecular complexity index is 482. The molecule has 0 spiro atoms. The number of hydrogen-bond acceptors (Lipinski definition) is 3. The summed E-state index contributed by atoms with van der Waals surface area (Å²) in [6.07, 6.45) is 4.72. The van der Waals surface area contributed by atoms with E-state index in [4.69, 9.17) is 4.74 Å². The Morgan fingerprint density at radius 1 is 1.39 bits per heavy atom. The predicted molar refractivity (Wildman–Crippen MR) is 96.4 cm³/mol. The molecule has 5 heteroatoms. The van der Waals surface area contributed by atoms with Crippen molar-refractivity contribution in [3.63, 3.8) is 0 Å². The lowest BCUT2D eigenvalue weighted by Crippen LogP contribution is -2.46. The number of likely N-dealkylation sites (tertiary alicyclic amines) is 1. The van der Waals surface area contributed by atoms with Crippen LogP contribution in [0.3, 0.4) is 0 Å². The van der Waals surface area contributed by atoms with Crippen LogP contribution in [0.1, 0.15) is 37.7 Å². The highest BCUT2D eigenvalue weighted by atomic mass is 35.5. The van der Waals surface area contributed by atoms with Crippen molar-refractivity contribution in [2.75, 3.05) is 26.7 Å². The lowest BCUT2D eigenvalue weighted by atomic mass is 10.1. The number of piperidine rings is 1. The van der Waals surface area contributed by atoms with Crippen LogP contribution in [-0.2, 0) is 4.79 Å². The molecule has 0 radical (unpaired) electrons. The Balaban J connectivity index is 0.00000264. The van der Waals surface area contributed by atoms with Crippen molar-refractivity contribution in [1.82, 2.24) is 10.2 Å². The number of likely N-dealkylation sites (N-methyl/N-ethyl adjacent to an activating group) is 1. The molecule has 23 heavy (non-hydrogen) atoms. The molecule has 1 aromatic carbocycles. The number of carbonyl (C=O) groups excluding carboxylic acids is 1. The van der Waals surface area contributed by atoms with Gasteiger partial charge in [0.05, 0.1) is 6.61 Å². The number of carbonyl (C=O) groups is 1. The minimum absolute atomic E-state index is 0. The number of benzene rings is 1. The molecule has 1 aliphatic heterocycles. The van der Waals surface area contributed by atoms with Crippen molar-refractivity contribution in [3.05, 3.63) is 29.8 Å². The lowest BCUT2D eigenvalue weighted by Gasteiger charge is -2.32. The number of rotatable bonds is 7. The molecular formula is C18H29ClN2O2. The third-order valence-electron chi connectivity index (χ3n) is 4.23. The molecule has 130 valence electrons. The number of amides is 1. The Kier molecular flexibility index (Phi) is 9.03. The first-order valence-electron chi connectivity index (χ1n) is 8.33. The fourth-order valence-corrected chi connectivity index (χ4v) is 2.87. The van der Waals surface area contributed by atoms with E-state index in [9.17, 15) is 4.79 Å². The normalized spacial score (nSPS) is 17.5. The maximum Gasteiger partial charge on any atom is 0.222 e. The Hall–Kier alpha value is -1.26. The third kappa shape index (κ3) is 6.80. The van der Waals surface area contributed by atoms with Gasteiger partial charge in [0, 0.05) is 25.6 Å². The molecule has 1 aliphatic rings. The zero-order valence-corrected chi connectivity index (χ0v) is 15.0. The van der Waals surface area contributed by atoms with Crippen molar-refractivity contribution in [2.24, 2.45) is 0 Å². The minimum atomic E-state index is 0. The summed E-state index contributed by atoms with van der Waals surface area (Å²) in [6.45, 7) is 4.50. The standard InChI is InChI=1S/C18H28N2O2.ClH/c1-15-7-5-9-17(13-15)22-12-4-3-10-18(21)20-11-6-8-16(14-20)19-2;/h5,7,9,13,16,19H,3-4,6,8,10-12,14H2,1-2H3;1H. The first kappa shape index (κ1) is 19.8. The predicted octanol–water partition coefficient (Wildman–Crippen LogP) is 3.18. The summed E-state index contributed by atoms with van der Waals surface area (Å²) in [5.41, 5.74) is 1.21. The molecule has 1 aromatic rings. The van der Waals surface area contributed by atoms with Gasteiger partial charge in [-0.2, -0.15) is 0 Å². The SMILES string of the molecule is CNC1CCCN(C(=O)CCCCOc2cccc(C)c2)C1.Cl. The molecule has 1 heterocycles. The molecular weight excluding hydrogens is 312 g/mol. The highest BCUT2D eigenvalue weighted by Gasteiger charge is 2.21. The van der Waals surface area contributed by atoms with Crippen LogP contribution >= 0.6 is 12.4 Å². The fraction of sp³-hybridized carbons (Fsp3) is 0.611. The summed E-state index contributed by atoms with van der Waals surface area (Å²) in [5, 5.41) is 3.27. The van der Waals surface area contributed by atoms with Gasteiger partial charge in [0.2, 0.25) is 5.91 Å². The van der Waals surface area contributed by atoms with E-state index in [0.717, 1.165) is 38.1 Å². The number of ether oxygens (including phenoxy) is 1. The maximum absolute atomic E-state index is 12.2. The Morgan fingerprint density at radius 3 is 2.96 bits per heavy atom. The van der Waals surface area contributed by atoms with Gasteiger partial charge < -0.3 is 15.0 Å². The van der Waals surface area contributed by atoms with E-state index in [1.807, 2.05) is 30.1 Å². The van der Waals surface area contributed by atoms with Crippen molar-refractivity contribution in [2.45, 2.75) is 45.1 Å². The quantitative estimate of drug-likeness (QED) is 0.775. The van der Waals surface area contributed by atoms with E-state index in [1.165, 1.54) is 12.0 Å². The van der Waals surface area contributed by atoms with Crippen LogP contribution in [0.5, 0.6) is 5.75 Å². The maximum atomic E-state index is 12.2. The van der Waals surface area contributed by atoms with E-state index in [0.29, 0.717) is 19.1 Å². The Morgan fingerprint density at radius 2 is 2.22 bits per heavy atom. The zero-order valence-electron chi connectivity index (χ0n) is 14.2. The van der Waals surface area contributed by atoms with Gasteiger partial charge >= 0.3 is 0 Å². The molecule has 1 fully saturated rings. The first-order chi connectivity index (χ1) is 10.7. The summed E-state index contributed by atoms with van der Waals surface area (Å²) in [4.78, 5) is 14.2. The molecule has 1 unspecified atom stereocenters. The van der Waals surface area contributed by atoms with Crippen molar-refractivity contribution < 1.29 is 9.53 Å². The van der Waals surface area contributed by atoms with Crippen molar-refractivity contribution in [1.29, 1.82) is 0 Å². The number of halogens is 1. The molecule has 0 saturated carbocycles. The van der Waals surface area contributed by atoms with Crippen molar-refractivity contribution in [3.8, 4) is 5.75 Å². The molecule has 0 aromatic heterocycles. The van der Waals surface area contributed by atoms with Gasteiger partial charge in [-0.05, 0) is 57.4 Å². The molecule has 1 saturated heterocycles. The molecule has 4 nitrogen and oxygen atoms in total. The fourth-order valence-electron chi connectivity index (χ4n) is 2.87. The van der Waals surface area contributed by atoms with Crippen LogP contribution in [-0.4, -0.2) is 43.6 Å². The lowest BCUT2D eigenvalue weighted by molar-refractivity contribution is -0.132. The van der Waals surface area contributed by atoms with Crippen LogP contribution in [0.25, 0.3) is 0 Å². The van der Waals surface area contributed by atoms with E-state index < -0.39 is 0 Å². The second-order valence-electron chi connectivity index (χ2n) is 6.09. The van der Waals surface area contributed by atoms with Gasteiger partial charge in [0.25, 0.3) is 0 Å². The molecule has 0 aliphatic carbocycles. The van der Waals surface area contributed by atoms with Crippen LogP contribution < -0.4 is 10.1 Å². The van der Waals surface area contributed by atoms with Gasteiger partial charge in [-0.25, -0.2) is 0 Å². The number of unbranched alkanes of at least 4 members (excludes halogenated alkanes) is 1. The van der Waals surface area contributed by atoms with Gasteiger partial charge in [-0.3, -0.25) is 4.79 Å². The average Bonchev–Trinajstić information content (AvgIpc) is 2.54. The molecule has 1 atom stereocenters. The second kappa shape index (κ2) is 10.5. The number of aryl methyl sites for hydroxylation is 1. The molecule has 1 N–H and O–H groups in total. The second-order valence-corrected chi connectivity index (χ2v) is 6.09. The van der Waals surface area contributed by atoms with Gasteiger partial charge in [0.1, 0.15) is 5.75 Å². The van der Waals surface area contributed by atoms with E-state index in [2.05, 4.69) is 18.3 Å². The van der Waals surface area contributed by atoms with Crippen LogP contribution in [0, 0.1) is 6.92 Å². The number of nitrogens with zero attached hydrogens (tertiary/aromatic N) is 1. The molecule has 0 bridgehead atoms. The van der Waals surface area contributed by atoms with Crippen LogP contribution in [0.2, 0.25) is 0 Å². The minimum Gasteiger partial charge on any atom is -0.494 e. The third-order valence-corrected chi connectivity index (χ3v) is 4.23. The van der Waals surface area contributed by atoms with Gasteiger partial charge in [-0.15, -0.1) is 12.4 Å². The van der Waals surface area contributed by atoms with E-state index >= 15 is 0 Å². The number of hydrogen-bond donors (Lipinski definition) is 1. The topological polar surface area (TPSA) is 41.6 Å². The highest BCUT2D eigenvalue weighted by Crippen LogP contribution is 2.14. The molecule has 1 amide bonds. The van der Waals surface area contributed by atoms with Gasteiger partial charge in [0.15, 0.2) is 0 Å². The van der Waals surface area contributed by atoms with Gasteiger partial charge in [-0.1, -0.05) is 12.1 Å². The summed E-state index contributed by atoms with van der Waals surface area (Å²) < 4.78 is 5.71. The zero-order chi connectivity index (χ0) is 15.8. The summed E-state index contributed by atoms with van der Waals surface area (Å²) in [5.74, 6) is 1.20. The van der Waals surface area contributed by atoms with Crippen molar-refractivity contribution >= 4 is 18.3 Å². The number of nitrogens with one attached hydrogen (secondary N) is 1. The Labute approximate surface area is 146 Å². The van der Waals surface area contributed by atoms with Crippen LogP contribution in [0.15, 0.2) is 24.3 Å².